The highest BCUT2D eigenvalue weighted by Crippen LogP contribution is 2.29. The van der Waals surface area contributed by atoms with E-state index in [2.05, 4.69) is 19.6 Å². The molecular formula is C17H21FN4O2S. The third-order valence-electron chi connectivity index (χ3n) is 4.93. The Morgan fingerprint density at radius 2 is 2.08 bits per heavy atom. The molecule has 2 fully saturated rings. The molecule has 1 atom stereocenters. The van der Waals surface area contributed by atoms with E-state index in [9.17, 15) is 12.8 Å². The first-order valence-electron chi connectivity index (χ1n) is 8.66. The quantitative estimate of drug-likeness (QED) is 0.879. The Labute approximate surface area is 146 Å². The van der Waals surface area contributed by atoms with Crippen molar-refractivity contribution in [3.8, 4) is 0 Å². The molecule has 2 aliphatic rings. The van der Waals surface area contributed by atoms with Gasteiger partial charge in [0.1, 0.15) is 18.0 Å². The molecule has 0 bridgehead atoms. The van der Waals surface area contributed by atoms with E-state index in [1.54, 1.807) is 6.07 Å². The second-order valence-corrected chi connectivity index (χ2v) is 8.95. The van der Waals surface area contributed by atoms with E-state index in [1.807, 2.05) is 0 Å². The summed E-state index contributed by atoms with van der Waals surface area (Å²) >= 11 is 0. The molecule has 8 heteroatoms. The number of rotatable bonds is 5. The van der Waals surface area contributed by atoms with Crippen LogP contribution in [0, 0.1) is 11.7 Å². The zero-order valence-corrected chi connectivity index (χ0v) is 14.7. The molecule has 1 saturated carbocycles. The monoisotopic (exact) mass is 364 g/mol. The van der Waals surface area contributed by atoms with E-state index in [-0.39, 0.29) is 17.0 Å². The average Bonchev–Trinajstić information content (AvgIpc) is 3.45. The third-order valence-corrected chi connectivity index (χ3v) is 6.85. The summed E-state index contributed by atoms with van der Waals surface area (Å²) in [6, 6.07) is 4.51. The number of benzene rings is 1. The van der Waals surface area contributed by atoms with Crippen LogP contribution in [0.2, 0.25) is 0 Å². The summed E-state index contributed by atoms with van der Waals surface area (Å²) in [5, 5.41) is 0.502. The molecule has 134 valence electrons. The van der Waals surface area contributed by atoms with Crippen LogP contribution in [0.15, 0.2) is 24.5 Å². The van der Waals surface area contributed by atoms with Gasteiger partial charge in [-0.3, -0.25) is 0 Å². The fourth-order valence-corrected chi connectivity index (χ4v) is 4.88. The second-order valence-electron chi connectivity index (χ2n) is 6.91. The molecule has 0 amide bonds. The summed E-state index contributed by atoms with van der Waals surface area (Å²) in [6.07, 6.45) is 4.96. The summed E-state index contributed by atoms with van der Waals surface area (Å²) in [4.78, 5) is 10.7. The highest BCUT2D eigenvalue weighted by Gasteiger charge is 2.36. The van der Waals surface area contributed by atoms with Crippen LogP contribution >= 0.6 is 0 Å². The van der Waals surface area contributed by atoms with Crippen LogP contribution in [-0.2, 0) is 10.0 Å². The van der Waals surface area contributed by atoms with Gasteiger partial charge in [0.25, 0.3) is 0 Å². The molecule has 2 heterocycles. The lowest BCUT2D eigenvalue weighted by Gasteiger charge is -2.34. The number of nitrogens with one attached hydrogen (secondary N) is 1. The van der Waals surface area contributed by atoms with Crippen molar-refractivity contribution in [1.82, 2.24) is 14.7 Å². The number of hydrogen-bond donors (Lipinski definition) is 1. The number of nitrogens with zero attached hydrogens (tertiary/aromatic N) is 3. The lowest BCUT2D eigenvalue weighted by atomic mass is 9.98. The van der Waals surface area contributed by atoms with Crippen LogP contribution in [0.25, 0.3) is 10.9 Å². The Balaban J connectivity index is 1.50. The molecule has 1 aliphatic carbocycles. The number of halogens is 1. The summed E-state index contributed by atoms with van der Waals surface area (Å²) < 4.78 is 40.4. The largest absolute Gasteiger partial charge is 0.356 e. The summed E-state index contributed by atoms with van der Waals surface area (Å²) in [7, 11) is -3.15. The van der Waals surface area contributed by atoms with Crippen molar-refractivity contribution >= 4 is 26.7 Å². The zero-order valence-electron chi connectivity index (χ0n) is 13.9. The number of anilines is 1. The molecule has 6 nitrogen and oxygen atoms in total. The number of aromatic nitrogens is 2. The van der Waals surface area contributed by atoms with E-state index < -0.39 is 10.0 Å². The van der Waals surface area contributed by atoms with Crippen molar-refractivity contribution in [3.05, 3.63) is 30.3 Å². The van der Waals surface area contributed by atoms with Crippen molar-refractivity contribution in [1.29, 1.82) is 0 Å². The fourth-order valence-electron chi connectivity index (χ4n) is 3.42. The van der Waals surface area contributed by atoms with Crippen LogP contribution in [0.3, 0.4) is 0 Å². The highest BCUT2D eigenvalue weighted by molar-refractivity contribution is 7.90. The second kappa shape index (κ2) is 6.49. The summed E-state index contributed by atoms with van der Waals surface area (Å²) in [6.45, 7) is 1.98. The summed E-state index contributed by atoms with van der Waals surface area (Å²) in [5.74, 6) is 0.634. The lowest BCUT2D eigenvalue weighted by molar-refractivity contribution is 0.409. The molecule has 1 aromatic heterocycles. The molecule has 4 rings (SSSR count). The van der Waals surface area contributed by atoms with Crippen molar-refractivity contribution in [2.45, 2.75) is 30.9 Å². The van der Waals surface area contributed by atoms with Gasteiger partial charge in [-0.15, -0.1) is 0 Å². The van der Waals surface area contributed by atoms with Crippen molar-refractivity contribution in [2.75, 3.05) is 24.5 Å². The summed E-state index contributed by atoms with van der Waals surface area (Å²) in [5.41, 5.74) is 0.711. The minimum absolute atomic E-state index is 0.194. The van der Waals surface area contributed by atoms with Crippen LogP contribution < -0.4 is 9.62 Å². The van der Waals surface area contributed by atoms with Crippen LogP contribution in [0.4, 0.5) is 10.2 Å². The molecule has 1 aromatic carbocycles. The lowest BCUT2D eigenvalue weighted by Crippen LogP contribution is -2.42. The van der Waals surface area contributed by atoms with Crippen LogP contribution in [0.1, 0.15) is 25.7 Å². The predicted octanol–water partition coefficient (Wildman–Crippen LogP) is 2.07. The molecule has 0 radical (unpaired) electrons. The Morgan fingerprint density at radius 1 is 1.24 bits per heavy atom. The maximum atomic E-state index is 13.6. The molecule has 1 N–H and O–H groups in total. The first-order valence-corrected chi connectivity index (χ1v) is 10.2. The van der Waals surface area contributed by atoms with Gasteiger partial charge in [-0.05, 0) is 49.8 Å². The van der Waals surface area contributed by atoms with Crippen LogP contribution in [0.5, 0.6) is 0 Å². The number of piperidine rings is 1. The van der Waals surface area contributed by atoms with E-state index in [0.717, 1.165) is 38.0 Å². The smallest absolute Gasteiger partial charge is 0.214 e. The Bertz CT molecular complexity index is 885. The average molecular weight is 364 g/mol. The van der Waals surface area contributed by atoms with Gasteiger partial charge in [-0.1, -0.05) is 0 Å². The Morgan fingerprint density at radius 3 is 2.88 bits per heavy atom. The number of sulfonamides is 1. The van der Waals surface area contributed by atoms with Gasteiger partial charge in [0.05, 0.1) is 10.8 Å². The van der Waals surface area contributed by atoms with Gasteiger partial charge >= 0.3 is 0 Å². The van der Waals surface area contributed by atoms with Crippen LogP contribution in [-0.4, -0.2) is 43.3 Å². The minimum Gasteiger partial charge on any atom is -0.356 e. The van der Waals surface area contributed by atoms with Crippen molar-refractivity contribution in [3.63, 3.8) is 0 Å². The number of hydrogen-bond acceptors (Lipinski definition) is 5. The SMILES string of the molecule is O=S(=O)(NCC1CCCN(c2ncnc3ccc(F)cc23)C1)C1CC1. The van der Waals surface area contributed by atoms with Gasteiger partial charge in [0.15, 0.2) is 0 Å². The Kier molecular flexibility index (Phi) is 4.33. The van der Waals surface area contributed by atoms with Crippen molar-refractivity contribution in [2.24, 2.45) is 5.92 Å². The molecule has 25 heavy (non-hydrogen) atoms. The molecule has 0 spiro atoms. The van der Waals surface area contributed by atoms with E-state index in [4.69, 9.17) is 0 Å². The van der Waals surface area contributed by atoms with Crippen molar-refractivity contribution < 1.29 is 12.8 Å². The maximum Gasteiger partial charge on any atom is 0.214 e. The Hall–Kier alpha value is -1.80. The molecule has 2 aromatic rings. The molecule has 1 aliphatic heterocycles. The first-order chi connectivity index (χ1) is 12.0. The first kappa shape index (κ1) is 16.7. The third kappa shape index (κ3) is 3.59. The number of fused-ring (bicyclic) bond motifs is 1. The van der Waals surface area contributed by atoms with Gasteiger partial charge in [0, 0.05) is 25.0 Å². The van der Waals surface area contributed by atoms with E-state index in [0.29, 0.717) is 24.0 Å². The predicted molar refractivity (Wildman–Crippen MR) is 94.4 cm³/mol. The van der Waals surface area contributed by atoms with E-state index >= 15 is 0 Å². The molecule has 1 saturated heterocycles. The zero-order chi connectivity index (χ0) is 17.4. The minimum atomic E-state index is -3.15. The highest BCUT2D eigenvalue weighted by atomic mass is 32.2. The van der Waals surface area contributed by atoms with Gasteiger partial charge < -0.3 is 4.90 Å². The topological polar surface area (TPSA) is 75.2 Å². The van der Waals surface area contributed by atoms with E-state index in [1.165, 1.54) is 18.5 Å². The molecular weight excluding hydrogens is 343 g/mol. The standard InChI is InChI=1S/C17H21FN4O2S/c18-13-3-6-16-15(8-13)17(20-11-19-16)22-7-1-2-12(10-22)9-21-25(23,24)14-4-5-14/h3,6,8,11-12,14,21H,1-2,4-5,7,9-10H2. The van der Waals surface area contributed by atoms with Gasteiger partial charge in [-0.2, -0.15) is 0 Å². The van der Waals surface area contributed by atoms with Gasteiger partial charge in [-0.25, -0.2) is 27.5 Å². The normalized spacial score (nSPS) is 21.6. The maximum absolute atomic E-state index is 13.6. The van der Waals surface area contributed by atoms with Gasteiger partial charge in [0.2, 0.25) is 10.0 Å². The molecule has 1 unspecified atom stereocenters. The fraction of sp³-hybridized carbons (Fsp3) is 0.529.